The van der Waals surface area contributed by atoms with Crippen LogP contribution in [0.2, 0.25) is 0 Å². The first-order valence-electron chi connectivity index (χ1n) is 4.96. The molecule has 0 aliphatic carbocycles. The summed E-state index contributed by atoms with van der Waals surface area (Å²) < 4.78 is 26.5. The van der Waals surface area contributed by atoms with Gasteiger partial charge >= 0.3 is 0 Å². The molecule has 4 nitrogen and oxygen atoms in total. The van der Waals surface area contributed by atoms with E-state index in [-0.39, 0.29) is 0 Å². The fraction of sp³-hybridized carbons (Fsp3) is 0.455. The van der Waals surface area contributed by atoms with Gasteiger partial charge in [0.25, 0.3) is 10.0 Å². The molecule has 1 aromatic rings. The molecule has 0 amide bonds. The Morgan fingerprint density at radius 3 is 2.38 bits per heavy atom. The predicted molar refractivity (Wildman–Crippen MR) is 65.1 cm³/mol. The van der Waals surface area contributed by atoms with E-state index in [0.717, 1.165) is 0 Å². The highest BCUT2D eigenvalue weighted by atomic mass is 32.2. The van der Waals surface area contributed by atoms with Gasteiger partial charge in [0.05, 0.1) is 16.2 Å². The number of hydrogen-bond donors (Lipinski definition) is 0. The van der Waals surface area contributed by atoms with E-state index in [9.17, 15) is 8.42 Å². The van der Waals surface area contributed by atoms with E-state index in [4.69, 9.17) is 0 Å². The first-order valence-corrected chi connectivity index (χ1v) is 6.40. The summed E-state index contributed by atoms with van der Waals surface area (Å²) in [6, 6.07) is 5.30. The van der Waals surface area contributed by atoms with Crippen LogP contribution in [0.4, 0.5) is 0 Å². The van der Waals surface area contributed by atoms with Crippen LogP contribution in [0.25, 0.3) is 0 Å². The smallest absolute Gasteiger partial charge is 0.255 e. The third kappa shape index (κ3) is 2.88. The highest BCUT2D eigenvalue weighted by molar-refractivity contribution is 7.91. The summed E-state index contributed by atoms with van der Waals surface area (Å²) in [5.74, 6) is 0. The van der Waals surface area contributed by atoms with Crippen molar-refractivity contribution in [3.8, 4) is 0 Å². The summed E-state index contributed by atoms with van der Waals surface area (Å²) in [5.41, 5.74) is 0.992. The molecule has 0 fully saturated rings. The number of nitrogens with zero attached hydrogens (tertiary/aromatic N) is 2. The maximum atomic E-state index is 11.8. The van der Waals surface area contributed by atoms with E-state index in [1.54, 1.807) is 52.1 Å². The van der Waals surface area contributed by atoms with Gasteiger partial charge in [-0.25, -0.2) is 8.42 Å². The molecular formula is C11H16N2O2S. The van der Waals surface area contributed by atoms with Gasteiger partial charge in [0.15, 0.2) is 0 Å². The fourth-order valence-electron chi connectivity index (χ4n) is 0.941. The molecule has 5 heteroatoms. The van der Waals surface area contributed by atoms with Crippen molar-refractivity contribution in [1.29, 1.82) is 0 Å². The van der Waals surface area contributed by atoms with E-state index < -0.39 is 14.8 Å². The Hall–Kier alpha value is -1.23. The van der Waals surface area contributed by atoms with Crippen molar-refractivity contribution in [2.45, 2.75) is 32.4 Å². The van der Waals surface area contributed by atoms with Crippen LogP contribution in [0, 0.1) is 0 Å². The number of rotatable bonds is 2. The standard InChI is InChI=1S/C11H16N2O2S/c1-9(10-7-5-6-8-12-10)13-16(14,15)11(2,3)4/h5-8H,1-4H3/b13-9+. The van der Waals surface area contributed by atoms with Crippen LogP contribution < -0.4 is 0 Å². The van der Waals surface area contributed by atoms with E-state index >= 15 is 0 Å². The molecule has 0 aliphatic rings. The molecule has 0 spiro atoms. The lowest BCUT2D eigenvalue weighted by atomic mass is 10.3. The maximum absolute atomic E-state index is 11.8. The van der Waals surface area contributed by atoms with Gasteiger partial charge in [-0.3, -0.25) is 4.98 Å². The minimum atomic E-state index is -3.50. The summed E-state index contributed by atoms with van der Waals surface area (Å²) in [6.07, 6.45) is 1.61. The summed E-state index contributed by atoms with van der Waals surface area (Å²) >= 11 is 0. The molecule has 1 rings (SSSR count). The first kappa shape index (κ1) is 12.8. The van der Waals surface area contributed by atoms with Crippen molar-refractivity contribution >= 4 is 15.7 Å². The van der Waals surface area contributed by atoms with Crippen molar-refractivity contribution in [2.75, 3.05) is 0 Å². The topological polar surface area (TPSA) is 59.4 Å². The molecule has 1 heterocycles. The van der Waals surface area contributed by atoms with Gasteiger partial charge in [0.2, 0.25) is 0 Å². The van der Waals surface area contributed by atoms with E-state index in [1.807, 2.05) is 0 Å². The van der Waals surface area contributed by atoms with Crippen molar-refractivity contribution in [2.24, 2.45) is 4.40 Å². The van der Waals surface area contributed by atoms with E-state index in [1.165, 1.54) is 0 Å². The van der Waals surface area contributed by atoms with Crippen LogP contribution in [0.15, 0.2) is 28.8 Å². The molecule has 0 atom stereocenters. The zero-order valence-electron chi connectivity index (χ0n) is 9.93. The lowest BCUT2D eigenvalue weighted by molar-refractivity contribution is 0.562. The van der Waals surface area contributed by atoms with Gasteiger partial charge in [-0.15, -0.1) is 0 Å². The quantitative estimate of drug-likeness (QED) is 0.743. The molecule has 0 N–H and O–H groups in total. The third-order valence-electron chi connectivity index (χ3n) is 2.07. The molecule has 88 valence electrons. The molecule has 0 saturated heterocycles. The number of sulfonamides is 1. The summed E-state index contributed by atoms with van der Waals surface area (Å²) in [4.78, 5) is 4.05. The van der Waals surface area contributed by atoms with Gasteiger partial charge in [0, 0.05) is 6.20 Å². The van der Waals surface area contributed by atoms with E-state index in [0.29, 0.717) is 11.4 Å². The molecule has 1 aromatic heterocycles. The highest BCUT2D eigenvalue weighted by Crippen LogP contribution is 2.17. The van der Waals surface area contributed by atoms with E-state index in [2.05, 4.69) is 9.38 Å². The minimum absolute atomic E-state index is 0.413. The first-order chi connectivity index (χ1) is 7.24. The Morgan fingerprint density at radius 2 is 1.94 bits per heavy atom. The third-order valence-corrected chi connectivity index (χ3v) is 4.13. The zero-order valence-corrected chi connectivity index (χ0v) is 10.7. The van der Waals surface area contributed by atoms with Gasteiger partial charge in [-0.1, -0.05) is 6.07 Å². The molecule has 16 heavy (non-hydrogen) atoms. The molecule has 0 bridgehead atoms. The average molecular weight is 240 g/mol. The second kappa shape index (κ2) is 4.33. The SMILES string of the molecule is C/C(=N\S(=O)(=O)C(C)(C)C)c1ccccn1. The molecule has 0 unspecified atom stereocenters. The van der Waals surface area contributed by atoms with Gasteiger partial charge in [-0.2, -0.15) is 4.40 Å². The second-order valence-corrected chi connectivity index (χ2v) is 6.84. The highest BCUT2D eigenvalue weighted by Gasteiger charge is 2.28. The summed E-state index contributed by atoms with van der Waals surface area (Å²) in [7, 11) is -3.50. The second-order valence-electron chi connectivity index (χ2n) is 4.48. The predicted octanol–water partition coefficient (Wildman–Crippen LogP) is 2.02. The molecule has 0 saturated carbocycles. The number of aromatic nitrogens is 1. The van der Waals surface area contributed by atoms with Gasteiger partial charge in [0.1, 0.15) is 0 Å². The molecular weight excluding hydrogens is 224 g/mol. The molecule has 0 radical (unpaired) electrons. The zero-order chi connectivity index (χ0) is 12.4. The van der Waals surface area contributed by atoms with Gasteiger partial charge in [-0.05, 0) is 39.8 Å². The minimum Gasteiger partial charge on any atom is -0.255 e. The lowest BCUT2D eigenvalue weighted by Gasteiger charge is -2.15. The Kier molecular flexibility index (Phi) is 3.48. The van der Waals surface area contributed by atoms with Crippen LogP contribution in [-0.4, -0.2) is 23.9 Å². The van der Waals surface area contributed by atoms with Crippen LogP contribution >= 0.6 is 0 Å². The normalized spacial score (nSPS) is 13.9. The number of pyridine rings is 1. The maximum Gasteiger partial charge on any atom is 0.258 e. The largest absolute Gasteiger partial charge is 0.258 e. The Morgan fingerprint density at radius 1 is 1.31 bits per heavy atom. The Balaban J connectivity index is 3.13. The van der Waals surface area contributed by atoms with Crippen LogP contribution in [0.3, 0.4) is 0 Å². The van der Waals surface area contributed by atoms with Crippen molar-refractivity contribution in [1.82, 2.24) is 4.98 Å². The van der Waals surface area contributed by atoms with Crippen molar-refractivity contribution in [3.63, 3.8) is 0 Å². The van der Waals surface area contributed by atoms with Gasteiger partial charge < -0.3 is 0 Å². The fourth-order valence-corrected chi connectivity index (χ4v) is 1.67. The summed E-state index contributed by atoms with van der Waals surface area (Å²) in [6.45, 7) is 6.51. The number of hydrogen-bond acceptors (Lipinski definition) is 3. The van der Waals surface area contributed by atoms with Crippen LogP contribution in [-0.2, 0) is 10.0 Å². The molecule has 0 aromatic carbocycles. The van der Waals surface area contributed by atoms with Crippen molar-refractivity contribution < 1.29 is 8.42 Å². The van der Waals surface area contributed by atoms with Crippen molar-refractivity contribution in [3.05, 3.63) is 30.1 Å². The molecule has 0 aliphatic heterocycles. The van der Waals surface area contributed by atoms with Crippen LogP contribution in [0.1, 0.15) is 33.4 Å². The lowest BCUT2D eigenvalue weighted by Crippen LogP contribution is -2.26. The monoisotopic (exact) mass is 240 g/mol. The van der Waals surface area contributed by atoms with Crippen LogP contribution in [0.5, 0.6) is 0 Å². The Bertz CT molecular complexity index is 484. The Labute approximate surface area is 96.5 Å². The summed E-state index contributed by atoms with van der Waals surface area (Å²) in [5, 5.41) is 0. The average Bonchev–Trinajstić information content (AvgIpc) is 2.16.